The summed E-state index contributed by atoms with van der Waals surface area (Å²) in [5, 5.41) is 13.7. The molecule has 114 valence electrons. The maximum absolute atomic E-state index is 13.1. The summed E-state index contributed by atoms with van der Waals surface area (Å²) in [7, 11) is -4.04. The van der Waals surface area contributed by atoms with Crippen LogP contribution in [0.2, 0.25) is 0 Å². The number of nitrogens with one attached hydrogen (secondary N) is 1. The fourth-order valence-electron chi connectivity index (χ4n) is 1.64. The zero-order valence-corrected chi connectivity index (χ0v) is 12.6. The van der Waals surface area contributed by atoms with Crippen LogP contribution in [0.1, 0.15) is 12.5 Å². The van der Waals surface area contributed by atoms with Gasteiger partial charge < -0.3 is 5.11 Å². The van der Waals surface area contributed by atoms with Crippen LogP contribution in [0, 0.1) is 11.6 Å². The van der Waals surface area contributed by atoms with E-state index < -0.39 is 32.2 Å². The number of halogens is 2. The maximum Gasteiger partial charge on any atom is 0.240 e. The highest BCUT2D eigenvalue weighted by Crippen LogP contribution is 2.23. The monoisotopic (exact) mass is 333 g/mol. The molecule has 2 rings (SSSR count). The van der Waals surface area contributed by atoms with Crippen molar-refractivity contribution in [3.8, 4) is 0 Å². The van der Waals surface area contributed by atoms with E-state index >= 15 is 0 Å². The molecule has 0 saturated heterocycles. The Morgan fingerprint density at radius 2 is 2.00 bits per heavy atom. The van der Waals surface area contributed by atoms with Crippen LogP contribution in [0.4, 0.5) is 8.78 Å². The number of thiophene rings is 1. The van der Waals surface area contributed by atoms with E-state index in [1.165, 1.54) is 18.3 Å². The van der Waals surface area contributed by atoms with Crippen LogP contribution in [0.3, 0.4) is 0 Å². The van der Waals surface area contributed by atoms with Crippen molar-refractivity contribution in [3.63, 3.8) is 0 Å². The van der Waals surface area contributed by atoms with Gasteiger partial charge in [-0.3, -0.25) is 0 Å². The predicted molar refractivity (Wildman–Crippen MR) is 75.4 cm³/mol. The summed E-state index contributed by atoms with van der Waals surface area (Å²) in [6.45, 7) is 1.17. The Bertz CT molecular complexity index is 728. The maximum atomic E-state index is 13.1. The molecule has 1 atom stereocenters. The van der Waals surface area contributed by atoms with E-state index in [1.54, 1.807) is 16.8 Å². The molecule has 0 fully saturated rings. The summed E-state index contributed by atoms with van der Waals surface area (Å²) in [4.78, 5) is -0.400. The minimum absolute atomic E-state index is 0.287. The third-order valence-electron chi connectivity index (χ3n) is 2.95. The van der Waals surface area contributed by atoms with Crippen molar-refractivity contribution >= 4 is 21.4 Å². The second-order valence-corrected chi connectivity index (χ2v) is 7.23. The Morgan fingerprint density at radius 3 is 2.57 bits per heavy atom. The molecule has 0 aliphatic heterocycles. The molecule has 2 N–H and O–H groups in total. The fraction of sp³-hybridized carbons (Fsp3) is 0.231. The van der Waals surface area contributed by atoms with Gasteiger partial charge >= 0.3 is 0 Å². The lowest BCUT2D eigenvalue weighted by Crippen LogP contribution is -2.38. The Morgan fingerprint density at radius 1 is 1.29 bits per heavy atom. The zero-order valence-electron chi connectivity index (χ0n) is 11.0. The minimum Gasteiger partial charge on any atom is -0.384 e. The van der Waals surface area contributed by atoms with Gasteiger partial charge in [0.05, 0.1) is 4.90 Å². The van der Waals surface area contributed by atoms with Crippen LogP contribution in [0.15, 0.2) is 39.9 Å². The lowest BCUT2D eigenvalue weighted by Gasteiger charge is -2.22. The molecule has 2 aromatic rings. The van der Waals surface area contributed by atoms with Gasteiger partial charge in [0.25, 0.3) is 0 Å². The van der Waals surface area contributed by atoms with Crippen molar-refractivity contribution in [1.82, 2.24) is 4.72 Å². The first-order valence-corrected chi connectivity index (χ1v) is 8.35. The van der Waals surface area contributed by atoms with Crippen molar-refractivity contribution in [2.75, 3.05) is 6.54 Å². The minimum atomic E-state index is -4.04. The van der Waals surface area contributed by atoms with Crippen LogP contribution in [-0.2, 0) is 15.6 Å². The average molecular weight is 333 g/mol. The molecule has 1 unspecified atom stereocenters. The molecular weight excluding hydrogens is 320 g/mol. The highest BCUT2D eigenvalue weighted by Gasteiger charge is 2.27. The Hall–Kier alpha value is -1.35. The molecule has 0 saturated carbocycles. The van der Waals surface area contributed by atoms with E-state index in [-0.39, 0.29) is 6.54 Å². The third kappa shape index (κ3) is 3.65. The molecule has 21 heavy (non-hydrogen) atoms. The van der Waals surface area contributed by atoms with Crippen LogP contribution in [0.5, 0.6) is 0 Å². The van der Waals surface area contributed by atoms with E-state index in [0.717, 1.165) is 12.1 Å². The van der Waals surface area contributed by atoms with Crippen LogP contribution < -0.4 is 4.72 Å². The Balaban J connectivity index is 2.16. The number of aliphatic hydroxyl groups is 1. The summed E-state index contributed by atoms with van der Waals surface area (Å²) in [5.41, 5.74) is -0.827. The van der Waals surface area contributed by atoms with Crippen LogP contribution in [-0.4, -0.2) is 20.1 Å². The van der Waals surface area contributed by atoms with Crippen molar-refractivity contribution < 1.29 is 22.3 Å². The molecule has 4 nitrogen and oxygen atoms in total. The topological polar surface area (TPSA) is 66.4 Å². The molecule has 8 heteroatoms. The van der Waals surface area contributed by atoms with Crippen molar-refractivity contribution in [2.24, 2.45) is 0 Å². The first kappa shape index (κ1) is 16.0. The second kappa shape index (κ2) is 5.80. The number of benzene rings is 1. The van der Waals surface area contributed by atoms with E-state index in [9.17, 15) is 22.3 Å². The van der Waals surface area contributed by atoms with Gasteiger partial charge in [0.1, 0.15) is 5.60 Å². The van der Waals surface area contributed by atoms with Gasteiger partial charge in [-0.15, -0.1) is 0 Å². The lowest BCUT2D eigenvalue weighted by atomic mass is 10.0. The summed E-state index contributed by atoms with van der Waals surface area (Å²) in [5.74, 6) is -2.37. The second-order valence-electron chi connectivity index (χ2n) is 4.69. The predicted octanol–water partition coefficient (Wildman–Crippen LogP) is 2.21. The number of hydrogen-bond acceptors (Lipinski definition) is 4. The fourth-order valence-corrected chi connectivity index (χ4v) is 3.56. The van der Waals surface area contributed by atoms with E-state index in [0.29, 0.717) is 11.6 Å². The molecular formula is C13H13F2NO3S2. The van der Waals surface area contributed by atoms with Crippen molar-refractivity contribution in [1.29, 1.82) is 0 Å². The first-order chi connectivity index (χ1) is 9.72. The standard InChI is InChI=1S/C13H13F2NO3S2/c1-13(17,9-4-5-20-7-9)8-16-21(18,19)10-2-3-11(14)12(15)6-10/h2-7,16-17H,8H2,1H3. The highest BCUT2D eigenvalue weighted by molar-refractivity contribution is 7.89. The Labute approximate surface area is 125 Å². The molecule has 1 aromatic heterocycles. The van der Waals surface area contributed by atoms with Crippen molar-refractivity contribution in [3.05, 3.63) is 52.2 Å². The number of sulfonamides is 1. The van der Waals surface area contributed by atoms with Gasteiger partial charge in [0.2, 0.25) is 10.0 Å². The average Bonchev–Trinajstić information content (AvgIpc) is 2.94. The molecule has 0 amide bonds. The quantitative estimate of drug-likeness (QED) is 0.882. The molecule has 0 bridgehead atoms. The smallest absolute Gasteiger partial charge is 0.240 e. The largest absolute Gasteiger partial charge is 0.384 e. The van der Waals surface area contributed by atoms with E-state index in [2.05, 4.69) is 4.72 Å². The SMILES string of the molecule is CC(O)(CNS(=O)(=O)c1ccc(F)c(F)c1)c1ccsc1. The lowest BCUT2D eigenvalue weighted by molar-refractivity contribution is 0.0632. The molecule has 0 aliphatic rings. The van der Waals surface area contributed by atoms with Gasteiger partial charge in [0.15, 0.2) is 11.6 Å². The summed E-state index contributed by atoms with van der Waals surface area (Å²) in [6.07, 6.45) is 0. The summed E-state index contributed by atoms with van der Waals surface area (Å²) < 4.78 is 52.1. The van der Waals surface area contributed by atoms with Gasteiger partial charge in [-0.2, -0.15) is 11.3 Å². The van der Waals surface area contributed by atoms with Gasteiger partial charge in [-0.25, -0.2) is 21.9 Å². The van der Waals surface area contributed by atoms with E-state index in [4.69, 9.17) is 0 Å². The molecule has 0 radical (unpaired) electrons. The summed E-state index contributed by atoms with van der Waals surface area (Å²) in [6, 6.07) is 3.97. The number of rotatable bonds is 5. The molecule has 1 aromatic carbocycles. The first-order valence-electron chi connectivity index (χ1n) is 5.92. The van der Waals surface area contributed by atoms with Gasteiger partial charge in [-0.05, 0) is 47.5 Å². The Kier molecular flexibility index (Phi) is 4.43. The zero-order chi connectivity index (χ0) is 15.7. The van der Waals surface area contributed by atoms with Crippen molar-refractivity contribution in [2.45, 2.75) is 17.4 Å². The van der Waals surface area contributed by atoms with Crippen LogP contribution in [0.25, 0.3) is 0 Å². The van der Waals surface area contributed by atoms with Gasteiger partial charge in [-0.1, -0.05) is 0 Å². The normalized spacial score (nSPS) is 14.9. The number of hydrogen-bond donors (Lipinski definition) is 2. The van der Waals surface area contributed by atoms with Gasteiger partial charge in [0, 0.05) is 6.54 Å². The highest BCUT2D eigenvalue weighted by atomic mass is 32.2. The summed E-state index contributed by atoms with van der Waals surface area (Å²) >= 11 is 1.37. The van der Waals surface area contributed by atoms with Crippen LogP contribution >= 0.6 is 11.3 Å². The third-order valence-corrected chi connectivity index (χ3v) is 5.03. The van der Waals surface area contributed by atoms with E-state index in [1.807, 2.05) is 0 Å². The molecule has 0 spiro atoms. The molecule has 0 aliphatic carbocycles. The molecule has 1 heterocycles.